The lowest BCUT2D eigenvalue weighted by molar-refractivity contribution is 0.768. The first kappa shape index (κ1) is 31.8. The van der Waals surface area contributed by atoms with E-state index in [-0.39, 0.29) is 0 Å². The molecule has 0 fully saturated rings. The number of nitrogens with zero attached hydrogens (tertiary/aromatic N) is 1. The molecular weight excluding hydrogens is 715 g/mol. The van der Waals surface area contributed by atoms with Crippen molar-refractivity contribution in [2.45, 2.75) is 5.41 Å². The van der Waals surface area contributed by atoms with Crippen LogP contribution in [0.15, 0.2) is 200 Å². The van der Waals surface area contributed by atoms with Gasteiger partial charge >= 0.3 is 0 Å². The molecule has 0 atom stereocenters. The van der Waals surface area contributed by atoms with E-state index in [1.165, 1.54) is 102 Å². The third kappa shape index (κ3) is 4.35. The van der Waals surface area contributed by atoms with E-state index in [2.05, 4.69) is 205 Å². The Balaban J connectivity index is 1.26. The number of hydrogen-bond acceptors (Lipinski definition) is 3. The van der Waals surface area contributed by atoms with Crippen LogP contribution >= 0.6 is 22.7 Å². The minimum Gasteiger partial charge on any atom is -0.308 e. The molecule has 0 unspecified atom stereocenters. The van der Waals surface area contributed by atoms with Crippen LogP contribution in [0, 0.1) is 0 Å². The largest absolute Gasteiger partial charge is 0.308 e. The fourth-order valence-electron chi connectivity index (χ4n) is 9.69. The molecule has 9 aromatic carbocycles. The summed E-state index contributed by atoms with van der Waals surface area (Å²) in [6, 6.07) is 74.5. The van der Waals surface area contributed by atoms with Crippen LogP contribution in [0.1, 0.15) is 22.3 Å². The predicted molar refractivity (Wildman–Crippen MR) is 242 cm³/mol. The van der Waals surface area contributed by atoms with E-state index in [9.17, 15) is 0 Å². The number of thiophene rings is 2. The van der Waals surface area contributed by atoms with Crippen LogP contribution in [0.25, 0.3) is 62.2 Å². The van der Waals surface area contributed by atoms with Gasteiger partial charge in [-0.2, -0.15) is 0 Å². The highest BCUT2D eigenvalue weighted by Crippen LogP contribution is 2.61. The molecule has 11 aromatic rings. The molecule has 2 aromatic heterocycles. The Labute approximate surface area is 333 Å². The number of rotatable bonds is 5. The van der Waals surface area contributed by atoms with Crippen molar-refractivity contribution in [3.8, 4) is 11.1 Å². The van der Waals surface area contributed by atoms with Gasteiger partial charge in [-0.15, -0.1) is 22.7 Å². The summed E-state index contributed by atoms with van der Waals surface area (Å²) in [4.78, 5) is 2.62. The molecule has 0 saturated carbocycles. The molecule has 12 rings (SSSR count). The van der Waals surface area contributed by atoms with Crippen molar-refractivity contribution >= 4 is 90.9 Å². The standard InChI is InChI=1S/C53H33NS2/c1-3-17-35(18-4-1)53(36-19-5-2-6-20-36)43-26-11-9-22-38(43)39-24-13-28-45(50(39)53)54(44-27-15-31-48-49(44)42-23-10-12-30-47(42)55-48)46-29-14-25-40-41-33-32-34-16-7-8-21-37(34)51(41)56-52(40)46/h1-33H. The second-order valence-corrected chi connectivity index (χ2v) is 16.8. The molecule has 0 N–H and O–H groups in total. The van der Waals surface area contributed by atoms with Gasteiger partial charge in [0.15, 0.2) is 0 Å². The summed E-state index contributed by atoms with van der Waals surface area (Å²) in [6.07, 6.45) is 0. The summed E-state index contributed by atoms with van der Waals surface area (Å²) in [5.74, 6) is 0. The van der Waals surface area contributed by atoms with Crippen molar-refractivity contribution in [1.82, 2.24) is 0 Å². The topological polar surface area (TPSA) is 3.24 Å². The van der Waals surface area contributed by atoms with Gasteiger partial charge in [-0.25, -0.2) is 0 Å². The van der Waals surface area contributed by atoms with Gasteiger partial charge in [0.1, 0.15) is 0 Å². The molecule has 1 nitrogen and oxygen atoms in total. The summed E-state index contributed by atoms with van der Waals surface area (Å²) < 4.78 is 5.21. The second-order valence-electron chi connectivity index (χ2n) is 14.7. The van der Waals surface area contributed by atoms with Crippen LogP contribution in [0.3, 0.4) is 0 Å². The molecule has 0 saturated heterocycles. The van der Waals surface area contributed by atoms with E-state index in [4.69, 9.17) is 0 Å². The van der Waals surface area contributed by atoms with Crippen molar-refractivity contribution in [3.05, 3.63) is 222 Å². The van der Waals surface area contributed by atoms with E-state index in [1.54, 1.807) is 0 Å². The molecular formula is C53H33NS2. The molecule has 56 heavy (non-hydrogen) atoms. The highest BCUT2D eigenvalue weighted by atomic mass is 32.1. The van der Waals surface area contributed by atoms with Gasteiger partial charge in [0.05, 0.1) is 27.2 Å². The molecule has 262 valence electrons. The maximum absolute atomic E-state index is 2.62. The van der Waals surface area contributed by atoms with Gasteiger partial charge < -0.3 is 4.90 Å². The van der Waals surface area contributed by atoms with Crippen molar-refractivity contribution in [3.63, 3.8) is 0 Å². The summed E-state index contributed by atoms with van der Waals surface area (Å²) >= 11 is 3.80. The van der Waals surface area contributed by atoms with Gasteiger partial charge in [0, 0.05) is 41.2 Å². The fourth-order valence-corrected chi connectivity index (χ4v) is 12.2. The van der Waals surface area contributed by atoms with Crippen LogP contribution in [0.5, 0.6) is 0 Å². The lowest BCUT2D eigenvalue weighted by Gasteiger charge is -2.38. The number of benzene rings is 9. The van der Waals surface area contributed by atoms with E-state index in [0.717, 1.165) is 0 Å². The van der Waals surface area contributed by atoms with Gasteiger partial charge in [-0.05, 0) is 68.9 Å². The zero-order chi connectivity index (χ0) is 36.8. The molecule has 1 aliphatic rings. The Hall–Kier alpha value is -6.52. The number of hydrogen-bond donors (Lipinski definition) is 0. The summed E-state index contributed by atoms with van der Waals surface area (Å²) in [7, 11) is 0. The first-order chi connectivity index (χ1) is 27.8. The molecule has 0 spiro atoms. The SMILES string of the molecule is c1ccc(C2(c3ccccc3)c3ccccc3-c3cccc(N(c4cccc5c4sc4c6ccccc6ccc54)c4cccc5sc6ccccc6c45)c32)cc1. The summed E-state index contributed by atoms with van der Waals surface area (Å²) in [6.45, 7) is 0. The highest BCUT2D eigenvalue weighted by Gasteiger charge is 2.48. The van der Waals surface area contributed by atoms with Crippen LogP contribution < -0.4 is 4.90 Å². The zero-order valence-corrected chi connectivity index (χ0v) is 31.9. The minimum absolute atomic E-state index is 0.571. The Bertz CT molecular complexity index is 3280. The quantitative estimate of drug-likeness (QED) is 0.169. The molecule has 1 aliphatic carbocycles. The average molecular weight is 748 g/mol. The lowest BCUT2D eigenvalue weighted by Crippen LogP contribution is -2.30. The third-order valence-electron chi connectivity index (χ3n) is 11.9. The predicted octanol–water partition coefficient (Wildman–Crippen LogP) is 15.4. The molecule has 0 bridgehead atoms. The van der Waals surface area contributed by atoms with Crippen molar-refractivity contribution in [1.29, 1.82) is 0 Å². The average Bonchev–Trinajstić information content (AvgIpc) is 3.94. The highest BCUT2D eigenvalue weighted by molar-refractivity contribution is 7.27. The molecule has 3 heteroatoms. The van der Waals surface area contributed by atoms with E-state index >= 15 is 0 Å². The van der Waals surface area contributed by atoms with Gasteiger partial charge in [0.2, 0.25) is 0 Å². The Morgan fingerprint density at radius 2 is 0.946 bits per heavy atom. The fraction of sp³-hybridized carbons (Fsp3) is 0.0189. The minimum atomic E-state index is -0.571. The Morgan fingerprint density at radius 1 is 0.357 bits per heavy atom. The summed E-state index contributed by atoms with van der Waals surface area (Å²) in [5.41, 5.74) is 10.7. The lowest BCUT2D eigenvalue weighted by atomic mass is 9.67. The normalized spacial score (nSPS) is 13.1. The maximum Gasteiger partial charge on any atom is 0.0734 e. The van der Waals surface area contributed by atoms with Crippen molar-refractivity contribution in [2.24, 2.45) is 0 Å². The van der Waals surface area contributed by atoms with Gasteiger partial charge in [-0.3, -0.25) is 0 Å². The Kier molecular flexibility index (Phi) is 6.95. The smallest absolute Gasteiger partial charge is 0.0734 e. The van der Waals surface area contributed by atoms with Gasteiger partial charge in [0.25, 0.3) is 0 Å². The molecule has 0 radical (unpaired) electrons. The first-order valence-electron chi connectivity index (χ1n) is 19.2. The molecule has 0 amide bonds. The van der Waals surface area contributed by atoms with Gasteiger partial charge in [-0.1, -0.05) is 170 Å². The second kappa shape index (κ2) is 12.2. The first-order valence-corrected chi connectivity index (χ1v) is 20.8. The molecule has 2 heterocycles. The third-order valence-corrected chi connectivity index (χ3v) is 14.3. The monoisotopic (exact) mass is 747 g/mol. The van der Waals surface area contributed by atoms with E-state index in [0.29, 0.717) is 0 Å². The van der Waals surface area contributed by atoms with Crippen molar-refractivity contribution in [2.75, 3.05) is 4.90 Å². The summed E-state index contributed by atoms with van der Waals surface area (Å²) in [5, 5.41) is 7.74. The van der Waals surface area contributed by atoms with E-state index < -0.39 is 5.41 Å². The van der Waals surface area contributed by atoms with Crippen LogP contribution in [0.4, 0.5) is 17.1 Å². The van der Waals surface area contributed by atoms with Crippen molar-refractivity contribution < 1.29 is 0 Å². The maximum atomic E-state index is 2.62. The van der Waals surface area contributed by atoms with Crippen LogP contribution in [0.2, 0.25) is 0 Å². The molecule has 0 aliphatic heterocycles. The van der Waals surface area contributed by atoms with Crippen LogP contribution in [-0.2, 0) is 5.41 Å². The Morgan fingerprint density at radius 3 is 1.79 bits per heavy atom. The number of anilines is 3. The van der Waals surface area contributed by atoms with E-state index in [1.807, 2.05) is 22.7 Å². The number of fused-ring (bicyclic) bond motifs is 11. The van der Waals surface area contributed by atoms with Crippen LogP contribution in [-0.4, -0.2) is 0 Å². The zero-order valence-electron chi connectivity index (χ0n) is 30.3.